The van der Waals surface area contributed by atoms with E-state index in [-0.39, 0.29) is 0 Å². The Hall–Kier alpha value is -2.39. The third-order valence-electron chi connectivity index (χ3n) is 5.36. The van der Waals surface area contributed by atoms with Crippen molar-refractivity contribution in [3.05, 3.63) is 77.6 Å². The van der Waals surface area contributed by atoms with Gasteiger partial charge >= 0.3 is 0 Å². The number of nitrogens with zero attached hydrogens (tertiary/aromatic N) is 4. The summed E-state index contributed by atoms with van der Waals surface area (Å²) in [7, 11) is 0. The van der Waals surface area contributed by atoms with Crippen molar-refractivity contribution in [1.82, 2.24) is 24.6 Å². The van der Waals surface area contributed by atoms with Crippen LogP contribution in [-0.2, 0) is 24.4 Å². The van der Waals surface area contributed by atoms with Crippen LogP contribution in [0.25, 0.3) is 5.69 Å². The summed E-state index contributed by atoms with van der Waals surface area (Å²) >= 11 is -1.98. The Bertz CT molecular complexity index is 954. The highest BCUT2D eigenvalue weighted by atomic mass is 32.2. The van der Waals surface area contributed by atoms with E-state index in [1.54, 1.807) is 0 Å². The van der Waals surface area contributed by atoms with E-state index in [0.29, 0.717) is 12.5 Å². The molecule has 2 N–H and O–H groups in total. The molecule has 8 heteroatoms. The highest BCUT2D eigenvalue weighted by molar-refractivity contribution is 7.77. The minimum atomic E-state index is -1.98. The van der Waals surface area contributed by atoms with Crippen LogP contribution >= 0.6 is 0 Å². The Morgan fingerprint density at radius 1 is 1.10 bits per heavy atom. The summed E-state index contributed by atoms with van der Waals surface area (Å²) in [5, 5.41) is 8.58. The van der Waals surface area contributed by atoms with Gasteiger partial charge in [-0.1, -0.05) is 47.7 Å². The van der Waals surface area contributed by atoms with Gasteiger partial charge in [-0.3, -0.25) is 9.45 Å². The van der Waals surface area contributed by atoms with Crippen molar-refractivity contribution in [2.75, 3.05) is 13.1 Å². The van der Waals surface area contributed by atoms with Gasteiger partial charge in [-0.25, -0.2) is 13.6 Å². The molecule has 29 heavy (non-hydrogen) atoms. The molecule has 7 nitrogen and oxygen atoms in total. The maximum Gasteiger partial charge on any atom is 0.232 e. The maximum atomic E-state index is 10.8. The number of aromatic nitrogens is 3. The molecule has 0 spiro atoms. The molecule has 1 aliphatic rings. The number of rotatable bonds is 7. The van der Waals surface area contributed by atoms with Gasteiger partial charge in [0.05, 0.1) is 17.6 Å². The number of likely N-dealkylation sites (tertiary alicyclic amines) is 1. The molecule has 1 aromatic heterocycles. The summed E-state index contributed by atoms with van der Waals surface area (Å²) in [6, 6.07) is 18.3. The van der Waals surface area contributed by atoms with E-state index >= 15 is 0 Å². The summed E-state index contributed by atoms with van der Waals surface area (Å²) in [6.45, 7) is 3.25. The second-order valence-electron chi connectivity index (χ2n) is 7.36. The minimum absolute atomic E-state index is 0.396. The molecule has 1 aliphatic heterocycles. The van der Waals surface area contributed by atoms with Gasteiger partial charge in [-0.15, -0.1) is 5.10 Å². The van der Waals surface area contributed by atoms with Crippen molar-refractivity contribution >= 4 is 11.3 Å². The lowest BCUT2D eigenvalue weighted by molar-refractivity contribution is 0.202. The van der Waals surface area contributed by atoms with E-state index in [9.17, 15) is 4.21 Å². The van der Waals surface area contributed by atoms with E-state index in [1.807, 2.05) is 53.3 Å². The summed E-state index contributed by atoms with van der Waals surface area (Å²) in [5.74, 6) is 0.519. The molecule has 0 saturated carbocycles. The number of hydrogen-bond donors (Lipinski definition) is 2. The number of nitrogens with one attached hydrogen (secondary N) is 1. The normalized spacial score (nSPS) is 16.7. The molecule has 1 atom stereocenters. The molecule has 152 valence electrons. The Morgan fingerprint density at radius 3 is 2.66 bits per heavy atom. The van der Waals surface area contributed by atoms with Crippen LogP contribution in [0.4, 0.5) is 0 Å². The number of hydrogen-bond acceptors (Lipinski definition) is 4. The summed E-state index contributed by atoms with van der Waals surface area (Å²) in [5.41, 5.74) is 4.34. The molecule has 0 radical (unpaired) electrons. The molecule has 3 aromatic rings. The van der Waals surface area contributed by atoms with Crippen LogP contribution in [0.2, 0.25) is 0 Å². The van der Waals surface area contributed by atoms with E-state index in [2.05, 4.69) is 32.1 Å². The van der Waals surface area contributed by atoms with E-state index in [0.717, 1.165) is 49.4 Å². The fourth-order valence-corrected chi connectivity index (χ4v) is 4.12. The highest BCUT2D eigenvalue weighted by Crippen LogP contribution is 2.29. The van der Waals surface area contributed by atoms with Gasteiger partial charge in [0.2, 0.25) is 11.3 Å². The quantitative estimate of drug-likeness (QED) is 0.584. The zero-order chi connectivity index (χ0) is 20.1. The summed E-state index contributed by atoms with van der Waals surface area (Å²) < 4.78 is 24.1. The van der Waals surface area contributed by atoms with E-state index in [1.165, 1.54) is 5.56 Å². The third-order valence-corrected chi connectivity index (χ3v) is 5.75. The molecule has 1 saturated heterocycles. The smallest absolute Gasteiger partial charge is 0.232 e. The van der Waals surface area contributed by atoms with Gasteiger partial charge in [-0.2, -0.15) is 0 Å². The Kier molecular flexibility index (Phi) is 6.46. The largest absolute Gasteiger partial charge is 0.297 e. The van der Waals surface area contributed by atoms with Crippen molar-refractivity contribution in [1.29, 1.82) is 0 Å². The minimum Gasteiger partial charge on any atom is -0.297 e. The van der Waals surface area contributed by atoms with Crippen LogP contribution in [0, 0.1) is 0 Å². The van der Waals surface area contributed by atoms with Gasteiger partial charge in [0.15, 0.2) is 0 Å². The van der Waals surface area contributed by atoms with Crippen LogP contribution < -0.4 is 4.72 Å². The van der Waals surface area contributed by atoms with E-state index < -0.39 is 11.3 Å². The predicted molar refractivity (Wildman–Crippen MR) is 113 cm³/mol. The number of benzene rings is 2. The lowest BCUT2D eigenvalue weighted by Gasteiger charge is -2.31. The second kappa shape index (κ2) is 9.41. The SMILES string of the molecule is O=S(O)NCc1cccc(C2CCN(Cc3cn(-c4ccccc4)nn3)CC2)c1. The lowest BCUT2D eigenvalue weighted by atomic mass is 9.88. The topological polar surface area (TPSA) is 83.3 Å². The fourth-order valence-electron chi connectivity index (χ4n) is 3.83. The van der Waals surface area contributed by atoms with Crippen molar-refractivity contribution in [2.45, 2.75) is 31.8 Å². The maximum absolute atomic E-state index is 10.8. The fraction of sp³-hybridized carbons (Fsp3) is 0.333. The number of piperidine rings is 1. The standard InChI is InChI=1S/C21H25N5O2S/c27-29(28)22-14-17-5-4-6-19(13-17)18-9-11-25(12-10-18)15-20-16-26(24-23-20)21-7-2-1-3-8-21/h1-8,13,16,18,22H,9-12,14-15H2,(H,27,28). The molecule has 1 unspecified atom stereocenters. The van der Waals surface area contributed by atoms with E-state index in [4.69, 9.17) is 4.55 Å². The molecular weight excluding hydrogens is 386 g/mol. The third kappa shape index (κ3) is 5.36. The second-order valence-corrected chi connectivity index (χ2v) is 8.14. The Balaban J connectivity index is 1.31. The average Bonchev–Trinajstić information content (AvgIpc) is 3.22. The first-order valence-electron chi connectivity index (χ1n) is 9.79. The lowest BCUT2D eigenvalue weighted by Crippen LogP contribution is -2.32. The molecule has 0 amide bonds. The van der Waals surface area contributed by atoms with Gasteiger partial charge in [0, 0.05) is 13.1 Å². The first-order valence-corrected chi connectivity index (χ1v) is 10.9. The zero-order valence-electron chi connectivity index (χ0n) is 16.1. The summed E-state index contributed by atoms with van der Waals surface area (Å²) in [4.78, 5) is 2.43. The molecule has 2 aromatic carbocycles. The summed E-state index contributed by atoms with van der Waals surface area (Å²) in [6.07, 6.45) is 4.19. The molecule has 4 rings (SSSR count). The van der Waals surface area contributed by atoms with Crippen molar-refractivity contribution in [3.63, 3.8) is 0 Å². The molecule has 1 fully saturated rings. The van der Waals surface area contributed by atoms with Crippen molar-refractivity contribution in [2.24, 2.45) is 0 Å². The van der Waals surface area contributed by atoms with Crippen LogP contribution in [0.5, 0.6) is 0 Å². The molecule has 0 aliphatic carbocycles. The van der Waals surface area contributed by atoms with Crippen LogP contribution in [0.1, 0.15) is 35.6 Å². The molecule has 2 heterocycles. The first-order chi connectivity index (χ1) is 14.2. The highest BCUT2D eigenvalue weighted by Gasteiger charge is 2.21. The van der Waals surface area contributed by atoms with Crippen LogP contribution in [0.3, 0.4) is 0 Å². The molecule has 0 bridgehead atoms. The number of para-hydroxylation sites is 1. The van der Waals surface area contributed by atoms with Gasteiger partial charge < -0.3 is 0 Å². The predicted octanol–water partition coefficient (Wildman–Crippen LogP) is 2.87. The Labute approximate surface area is 173 Å². The van der Waals surface area contributed by atoms with Crippen LogP contribution in [-0.4, -0.2) is 41.7 Å². The monoisotopic (exact) mass is 411 g/mol. The van der Waals surface area contributed by atoms with Crippen molar-refractivity contribution in [3.8, 4) is 5.69 Å². The van der Waals surface area contributed by atoms with Gasteiger partial charge in [0.25, 0.3) is 0 Å². The zero-order valence-corrected chi connectivity index (χ0v) is 17.0. The Morgan fingerprint density at radius 2 is 1.90 bits per heavy atom. The van der Waals surface area contributed by atoms with Gasteiger partial charge in [0.1, 0.15) is 0 Å². The average molecular weight is 412 g/mol. The first kappa shape index (κ1) is 19.9. The molecular formula is C21H25N5O2S. The van der Waals surface area contributed by atoms with Crippen molar-refractivity contribution < 1.29 is 8.76 Å². The van der Waals surface area contributed by atoms with Gasteiger partial charge in [-0.05, 0) is 55.1 Å². The van der Waals surface area contributed by atoms with Crippen LogP contribution in [0.15, 0.2) is 60.8 Å².